The van der Waals surface area contributed by atoms with E-state index in [2.05, 4.69) is 10.3 Å². The van der Waals surface area contributed by atoms with Crippen molar-refractivity contribution in [1.29, 1.82) is 0 Å². The Labute approximate surface area is 140 Å². The number of carbonyl (C=O) groups excluding carboxylic acids is 1. The Kier molecular flexibility index (Phi) is 3.50. The second-order valence-electron chi connectivity index (χ2n) is 5.50. The van der Waals surface area contributed by atoms with Gasteiger partial charge in [0, 0.05) is 5.39 Å². The highest BCUT2D eigenvalue weighted by molar-refractivity contribution is 6.04. The van der Waals surface area contributed by atoms with Crippen molar-refractivity contribution in [3.05, 3.63) is 82.8 Å². The van der Waals surface area contributed by atoms with Crippen LogP contribution in [-0.2, 0) is 0 Å². The van der Waals surface area contributed by atoms with Crippen molar-refractivity contribution in [1.82, 2.24) is 4.98 Å². The van der Waals surface area contributed by atoms with Crippen molar-refractivity contribution in [3.63, 3.8) is 0 Å². The Bertz CT molecular complexity index is 1180. The molecule has 0 aliphatic rings. The Morgan fingerprint density at radius 3 is 2.76 bits per heavy atom. The van der Waals surface area contributed by atoms with E-state index in [1.807, 2.05) is 24.3 Å². The summed E-state index contributed by atoms with van der Waals surface area (Å²) in [5.74, 6) is -1.31. The maximum atomic E-state index is 13.4. The van der Waals surface area contributed by atoms with Gasteiger partial charge in [0.25, 0.3) is 5.91 Å². The van der Waals surface area contributed by atoms with Crippen LogP contribution < -0.4 is 10.9 Å². The van der Waals surface area contributed by atoms with Crippen LogP contribution in [0.4, 0.5) is 10.1 Å². The molecule has 1 amide bonds. The van der Waals surface area contributed by atoms with E-state index in [9.17, 15) is 14.0 Å². The number of anilines is 1. The van der Waals surface area contributed by atoms with Gasteiger partial charge >= 0.3 is 5.63 Å². The molecule has 4 rings (SSSR count). The molecule has 122 valence electrons. The Morgan fingerprint density at radius 2 is 1.88 bits per heavy atom. The van der Waals surface area contributed by atoms with Crippen LogP contribution in [0.3, 0.4) is 0 Å². The first-order valence-electron chi connectivity index (χ1n) is 7.50. The normalized spacial score (nSPS) is 10.9. The average molecular weight is 334 g/mol. The molecule has 0 bridgehead atoms. The molecule has 25 heavy (non-hydrogen) atoms. The number of hydrogen-bond acceptors (Lipinski definition) is 4. The van der Waals surface area contributed by atoms with Gasteiger partial charge in [-0.15, -0.1) is 0 Å². The first-order valence-corrected chi connectivity index (χ1v) is 7.50. The maximum absolute atomic E-state index is 13.4. The van der Waals surface area contributed by atoms with Gasteiger partial charge in [-0.2, -0.15) is 0 Å². The highest BCUT2D eigenvalue weighted by Crippen LogP contribution is 2.18. The summed E-state index contributed by atoms with van der Waals surface area (Å²) in [6.07, 6.45) is 1.51. The van der Waals surface area contributed by atoms with Gasteiger partial charge in [0.05, 0.1) is 22.8 Å². The van der Waals surface area contributed by atoms with E-state index in [0.29, 0.717) is 11.1 Å². The number of nitrogens with zero attached hydrogens (tertiary/aromatic N) is 1. The van der Waals surface area contributed by atoms with E-state index >= 15 is 0 Å². The maximum Gasteiger partial charge on any atom is 0.344 e. The number of halogens is 1. The number of hydrogen-bond donors (Lipinski definition) is 1. The van der Waals surface area contributed by atoms with Crippen molar-refractivity contribution >= 4 is 33.3 Å². The molecule has 0 atom stereocenters. The van der Waals surface area contributed by atoms with Gasteiger partial charge in [-0.25, -0.2) is 9.18 Å². The minimum absolute atomic E-state index is 0.198. The Hall–Kier alpha value is -3.54. The summed E-state index contributed by atoms with van der Waals surface area (Å²) in [4.78, 5) is 28.6. The third kappa shape index (κ3) is 2.85. The lowest BCUT2D eigenvalue weighted by atomic mass is 10.1. The van der Waals surface area contributed by atoms with Gasteiger partial charge in [0.15, 0.2) is 5.76 Å². The third-order valence-electron chi connectivity index (χ3n) is 3.79. The molecule has 5 nitrogen and oxygen atoms in total. The van der Waals surface area contributed by atoms with E-state index in [4.69, 9.17) is 4.42 Å². The summed E-state index contributed by atoms with van der Waals surface area (Å²) in [6, 6.07) is 14.2. The quantitative estimate of drug-likeness (QED) is 0.606. The number of rotatable bonds is 2. The number of carbonyl (C=O) groups is 1. The van der Waals surface area contributed by atoms with Crippen LogP contribution in [0.1, 0.15) is 10.6 Å². The third-order valence-corrected chi connectivity index (χ3v) is 3.79. The van der Waals surface area contributed by atoms with Crippen molar-refractivity contribution < 1.29 is 13.6 Å². The summed E-state index contributed by atoms with van der Waals surface area (Å²) < 4.78 is 18.4. The second-order valence-corrected chi connectivity index (χ2v) is 5.50. The second kappa shape index (κ2) is 5.83. The molecule has 0 aliphatic carbocycles. The molecule has 0 aliphatic heterocycles. The fraction of sp³-hybridized carbons (Fsp3) is 0. The summed E-state index contributed by atoms with van der Waals surface area (Å²) >= 11 is 0. The molecule has 2 aromatic heterocycles. The zero-order chi connectivity index (χ0) is 17.4. The number of aromatic nitrogens is 1. The summed E-state index contributed by atoms with van der Waals surface area (Å²) in [5.41, 5.74) is 0.568. The Morgan fingerprint density at radius 1 is 1.04 bits per heavy atom. The molecular weight excluding hydrogens is 323 g/mol. The lowest BCUT2D eigenvalue weighted by molar-refractivity contribution is 0.0993. The largest absolute Gasteiger partial charge is 0.417 e. The van der Waals surface area contributed by atoms with E-state index in [1.165, 1.54) is 30.5 Å². The Balaban J connectivity index is 1.70. The minimum atomic E-state index is -0.695. The molecular formula is C19H11FN2O3. The number of para-hydroxylation sites is 1. The molecule has 0 saturated carbocycles. The molecule has 2 aromatic carbocycles. The van der Waals surface area contributed by atoms with Crippen LogP contribution in [-0.4, -0.2) is 10.9 Å². The van der Waals surface area contributed by atoms with E-state index in [-0.39, 0.29) is 11.1 Å². The molecule has 0 spiro atoms. The summed E-state index contributed by atoms with van der Waals surface area (Å²) in [7, 11) is 0. The molecule has 1 N–H and O–H groups in total. The molecule has 0 fully saturated rings. The first kappa shape index (κ1) is 15.0. The van der Waals surface area contributed by atoms with E-state index in [0.717, 1.165) is 10.9 Å². The highest BCUT2D eigenvalue weighted by Gasteiger charge is 2.13. The summed E-state index contributed by atoms with van der Waals surface area (Å²) in [5, 5.41) is 4.01. The average Bonchev–Trinajstić information content (AvgIpc) is 2.61. The van der Waals surface area contributed by atoms with E-state index in [1.54, 1.807) is 6.07 Å². The molecule has 6 heteroatoms. The summed E-state index contributed by atoms with van der Waals surface area (Å²) in [6.45, 7) is 0. The van der Waals surface area contributed by atoms with Crippen LogP contribution in [0.15, 0.2) is 70.0 Å². The van der Waals surface area contributed by atoms with Gasteiger partial charge in [0.2, 0.25) is 0 Å². The number of pyridine rings is 1. The van der Waals surface area contributed by atoms with Gasteiger partial charge in [-0.05, 0) is 41.8 Å². The van der Waals surface area contributed by atoms with Crippen LogP contribution in [0.2, 0.25) is 0 Å². The lowest BCUT2D eigenvalue weighted by Gasteiger charge is -2.06. The standard InChI is InChI=1S/C19H11FN2O3/c20-13-5-6-15-12(7-13)9-17(25-19(15)24)18(23)22-14-8-11-3-1-2-4-16(11)21-10-14/h1-10H,(H,22,23). The predicted molar refractivity (Wildman–Crippen MR) is 92.1 cm³/mol. The van der Waals surface area contributed by atoms with Crippen LogP contribution >= 0.6 is 0 Å². The van der Waals surface area contributed by atoms with Gasteiger partial charge in [-0.3, -0.25) is 9.78 Å². The van der Waals surface area contributed by atoms with Crippen molar-refractivity contribution in [2.24, 2.45) is 0 Å². The van der Waals surface area contributed by atoms with Gasteiger partial charge < -0.3 is 9.73 Å². The van der Waals surface area contributed by atoms with Crippen LogP contribution in [0.5, 0.6) is 0 Å². The predicted octanol–water partition coefficient (Wildman–Crippen LogP) is 3.73. The van der Waals surface area contributed by atoms with Crippen molar-refractivity contribution in [2.75, 3.05) is 5.32 Å². The van der Waals surface area contributed by atoms with Crippen LogP contribution in [0.25, 0.3) is 21.7 Å². The topological polar surface area (TPSA) is 72.2 Å². The monoisotopic (exact) mass is 334 g/mol. The molecule has 0 unspecified atom stereocenters. The molecule has 0 radical (unpaired) electrons. The fourth-order valence-electron chi connectivity index (χ4n) is 2.61. The number of nitrogens with one attached hydrogen (secondary N) is 1. The zero-order valence-electron chi connectivity index (χ0n) is 12.8. The fourth-order valence-corrected chi connectivity index (χ4v) is 2.61. The number of fused-ring (bicyclic) bond motifs is 2. The van der Waals surface area contributed by atoms with Gasteiger partial charge in [0.1, 0.15) is 5.82 Å². The molecule has 4 aromatic rings. The molecule has 2 heterocycles. The molecule has 0 saturated heterocycles. The SMILES string of the molecule is O=C(Nc1cnc2ccccc2c1)c1cc2cc(F)ccc2c(=O)o1. The van der Waals surface area contributed by atoms with Crippen LogP contribution in [0, 0.1) is 5.82 Å². The minimum Gasteiger partial charge on any atom is -0.417 e. The van der Waals surface area contributed by atoms with Crippen molar-refractivity contribution in [3.8, 4) is 0 Å². The van der Waals surface area contributed by atoms with Crippen molar-refractivity contribution in [2.45, 2.75) is 0 Å². The number of benzene rings is 2. The smallest absolute Gasteiger partial charge is 0.344 e. The van der Waals surface area contributed by atoms with E-state index < -0.39 is 17.3 Å². The first-order chi connectivity index (χ1) is 12.1. The van der Waals surface area contributed by atoms with Gasteiger partial charge in [-0.1, -0.05) is 18.2 Å². The lowest BCUT2D eigenvalue weighted by Crippen LogP contribution is -2.15. The number of amides is 1. The highest BCUT2D eigenvalue weighted by atomic mass is 19.1. The zero-order valence-corrected chi connectivity index (χ0v) is 12.8.